The van der Waals surface area contributed by atoms with Gasteiger partial charge in [-0.1, -0.05) is 0 Å². The molecule has 1 heterocycles. The lowest BCUT2D eigenvalue weighted by Crippen LogP contribution is -2.02. The summed E-state index contributed by atoms with van der Waals surface area (Å²) in [5.41, 5.74) is 1.72. The van der Waals surface area contributed by atoms with E-state index in [-0.39, 0.29) is 11.6 Å². The van der Waals surface area contributed by atoms with Crippen LogP contribution >= 0.6 is 34.2 Å². The lowest BCUT2D eigenvalue weighted by atomic mass is 10.2. The molecule has 0 aliphatic rings. The minimum atomic E-state index is -0.644. The number of hydrogen-bond acceptors (Lipinski definition) is 1. The standard InChI is InChI=1S/C14H8ClF2IN2/c15-7-14-19-11-6-9(18)2-4-13(11)20(14)12-3-1-8(16)5-10(12)17/h1-6H,7H2. The Hall–Kier alpha value is -1.21. The molecule has 0 atom stereocenters. The molecule has 0 amide bonds. The minimum absolute atomic E-state index is 0.141. The second kappa shape index (κ2) is 5.29. The van der Waals surface area contributed by atoms with Crippen LogP contribution in [0, 0.1) is 15.2 Å². The Kier molecular flexibility index (Phi) is 3.64. The molecule has 1 aromatic heterocycles. The van der Waals surface area contributed by atoms with Crippen LogP contribution in [0.1, 0.15) is 5.82 Å². The molecule has 3 rings (SSSR count). The summed E-state index contributed by atoms with van der Waals surface area (Å²) in [7, 11) is 0. The van der Waals surface area contributed by atoms with E-state index in [1.165, 1.54) is 12.1 Å². The Labute approximate surface area is 132 Å². The van der Waals surface area contributed by atoms with Gasteiger partial charge in [0, 0.05) is 9.64 Å². The first-order valence-electron chi connectivity index (χ1n) is 5.78. The maximum atomic E-state index is 14.0. The summed E-state index contributed by atoms with van der Waals surface area (Å²) in [4.78, 5) is 4.40. The van der Waals surface area contributed by atoms with Crippen molar-refractivity contribution in [3.8, 4) is 5.69 Å². The van der Waals surface area contributed by atoms with Gasteiger partial charge in [0.15, 0.2) is 0 Å². The van der Waals surface area contributed by atoms with Crippen molar-refractivity contribution in [2.75, 3.05) is 0 Å². The number of benzene rings is 2. The number of nitrogens with zero attached hydrogens (tertiary/aromatic N) is 2. The maximum absolute atomic E-state index is 14.0. The zero-order chi connectivity index (χ0) is 14.3. The quantitative estimate of drug-likeness (QED) is 0.449. The molecule has 0 N–H and O–H groups in total. The van der Waals surface area contributed by atoms with Crippen molar-refractivity contribution in [1.82, 2.24) is 9.55 Å². The first-order chi connectivity index (χ1) is 9.60. The fourth-order valence-electron chi connectivity index (χ4n) is 2.12. The Balaban J connectivity index is 2.34. The SMILES string of the molecule is Fc1ccc(-n2c(CCl)nc3cc(I)ccc32)c(F)c1. The normalized spacial score (nSPS) is 11.2. The fourth-order valence-corrected chi connectivity index (χ4v) is 2.78. The summed E-state index contributed by atoms with van der Waals surface area (Å²) in [6, 6.07) is 9.11. The van der Waals surface area contributed by atoms with Crippen molar-refractivity contribution in [3.05, 3.63) is 57.4 Å². The molecule has 0 radical (unpaired) electrons. The first-order valence-corrected chi connectivity index (χ1v) is 7.40. The van der Waals surface area contributed by atoms with E-state index >= 15 is 0 Å². The molecule has 102 valence electrons. The van der Waals surface area contributed by atoms with Gasteiger partial charge in [-0.25, -0.2) is 13.8 Å². The van der Waals surface area contributed by atoms with Gasteiger partial charge in [-0.05, 0) is 52.9 Å². The largest absolute Gasteiger partial charge is 0.292 e. The highest BCUT2D eigenvalue weighted by Crippen LogP contribution is 2.26. The molecule has 0 bridgehead atoms. The zero-order valence-electron chi connectivity index (χ0n) is 10.1. The highest BCUT2D eigenvalue weighted by Gasteiger charge is 2.15. The van der Waals surface area contributed by atoms with E-state index in [9.17, 15) is 8.78 Å². The van der Waals surface area contributed by atoms with Crippen LogP contribution in [-0.4, -0.2) is 9.55 Å². The van der Waals surface area contributed by atoms with Gasteiger partial charge in [-0.2, -0.15) is 0 Å². The maximum Gasteiger partial charge on any atom is 0.150 e. The third-order valence-electron chi connectivity index (χ3n) is 2.96. The highest BCUT2D eigenvalue weighted by molar-refractivity contribution is 14.1. The van der Waals surface area contributed by atoms with Crippen molar-refractivity contribution in [2.45, 2.75) is 5.88 Å². The predicted molar refractivity (Wildman–Crippen MR) is 83.3 cm³/mol. The zero-order valence-corrected chi connectivity index (χ0v) is 13.0. The van der Waals surface area contributed by atoms with Crippen LogP contribution in [0.3, 0.4) is 0 Å². The van der Waals surface area contributed by atoms with E-state index < -0.39 is 11.6 Å². The Morgan fingerprint density at radius 3 is 2.65 bits per heavy atom. The number of imidazole rings is 1. The van der Waals surface area contributed by atoms with Crippen molar-refractivity contribution in [2.24, 2.45) is 0 Å². The van der Waals surface area contributed by atoms with E-state index in [4.69, 9.17) is 11.6 Å². The van der Waals surface area contributed by atoms with E-state index in [0.29, 0.717) is 5.82 Å². The monoisotopic (exact) mass is 404 g/mol. The highest BCUT2D eigenvalue weighted by atomic mass is 127. The fraction of sp³-hybridized carbons (Fsp3) is 0.0714. The van der Waals surface area contributed by atoms with Gasteiger partial charge < -0.3 is 0 Å². The molecule has 2 nitrogen and oxygen atoms in total. The molecule has 0 saturated carbocycles. The average molecular weight is 405 g/mol. The Morgan fingerprint density at radius 1 is 1.15 bits per heavy atom. The number of fused-ring (bicyclic) bond motifs is 1. The van der Waals surface area contributed by atoms with E-state index in [0.717, 1.165) is 20.7 Å². The van der Waals surface area contributed by atoms with Crippen molar-refractivity contribution in [1.29, 1.82) is 0 Å². The van der Waals surface area contributed by atoms with E-state index in [1.54, 1.807) is 4.57 Å². The predicted octanol–water partition coefficient (Wildman–Crippen LogP) is 4.65. The molecule has 0 fully saturated rings. The molecule has 6 heteroatoms. The molecule has 0 aliphatic carbocycles. The summed E-state index contributed by atoms with van der Waals surface area (Å²) >= 11 is 8.08. The molecule has 0 saturated heterocycles. The molecule has 3 aromatic rings. The smallest absolute Gasteiger partial charge is 0.150 e. The average Bonchev–Trinajstić information content (AvgIpc) is 2.76. The summed E-state index contributed by atoms with van der Waals surface area (Å²) < 4.78 is 29.7. The van der Waals surface area contributed by atoms with Gasteiger partial charge in [0.2, 0.25) is 0 Å². The van der Waals surface area contributed by atoms with Gasteiger partial charge in [0.25, 0.3) is 0 Å². The van der Waals surface area contributed by atoms with E-state index in [2.05, 4.69) is 27.6 Å². The summed E-state index contributed by atoms with van der Waals surface area (Å²) in [5, 5.41) is 0. The van der Waals surface area contributed by atoms with Crippen LogP contribution in [0.5, 0.6) is 0 Å². The summed E-state index contributed by atoms with van der Waals surface area (Å²) in [5.74, 6) is -0.594. The second-order valence-corrected chi connectivity index (χ2v) is 5.74. The van der Waals surface area contributed by atoms with Crippen LogP contribution in [0.4, 0.5) is 8.78 Å². The van der Waals surface area contributed by atoms with Crippen LogP contribution in [0.2, 0.25) is 0 Å². The van der Waals surface area contributed by atoms with Crippen molar-refractivity contribution >= 4 is 45.2 Å². The lowest BCUT2D eigenvalue weighted by molar-refractivity contribution is 0.577. The van der Waals surface area contributed by atoms with Crippen molar-refractivity contribution in [3.63, 3.8) is 0 Å². The molecule has 0 aliphatic heterocycles. The summed E-state index contributed by atoms with van der Waals surface area (Å²) in [6.45, 7) is 0. The Morgan fingerprint density at radius 2 is 1.95 bits per heavy atom. The molecular formula is C14H8ClF2IN2. The van der Waals surface area contributed by atoms with Crippen molar-refractivity contribution < 1.29 is 8.78 Å². The van der Waals surface area contributed by atoms with Gasteiger partial charge in [-0.3, -0.25) is 4.57 Å². The number of rotatable bonds is 2. The van der Waals surface area contributed by atoms with Gasteiger partial charge in [-0.15, -0.1) is 11.6 Å². The molecule has 0 spiro atoms. The third-order valence-corrected chi connectivity index (χ3v) is 3.87. The minimum Gasteiger partial charge on any atom is -0.292 e. The van der Waals surface area contributed by atoms with Crippen LogP contribution < -0.4 is 0 Å². The number of halogens is 4. The topological polar surface area (TPSA) is 17.8 Å². The van der Waals surface area contributed by atoms with Gasteiger partial charge >= 0.3 is 0 Å². The molecular weight excluding hydrogens is 397 g/mol. The van der Waals surface area contributed by atoms with E-state index in [1.807, 2.05) is 18.2 Å². The van der Waals surface area contributed by atoms with Crippen LogP contribution in [0.25, 0.3) is 16.7 Å². The number of hydrogen-bond donors (Lipinski definition) is 0. The molecule has 2 aromatic carbocycles. The second-order valence-electron chi connectivity index (χ2n) is 4.23. The Bertz CT molecular complexity index is 801. The lowest BCUT2D eigenvalue weighted by Gasteiger charge is -2.09. The van der Waals surface area contributed by atoms with Gasteiger partial charge in [0.1, 0.15) is 17.5 Å². The molecule has 20 heavy (non-hydrogen) atoms. The van der Waals surface area contributed by atoms with Crippen LogP contribution in [-0.2, 0) is 5.88 Å². The summed E-state index contributed by atoms with van der Waals surface area (Å²) in [6.07, 6.45) is 0. The van der Waals surface area contributed by atoms with Crippen LogP contribution in [0.15, 0.2) is 36.4 Å². The first kappa shape index (κ1) is 13.8. The third kappa shape index (κ3) is 2.29. The number of aromatic nitrogens is 2. The molecule has 0 unspecified atom stereocenters. The van der Waals surface area contributed by atoms with Gasteiger partial charge in [0.05, 0.1) is 22.6 Å². The number of alkyl halides is 1.